The van der Waals surface area contributed by atoms with Crippen molar-refractivity contribution in [2.24, 2.45) is 11.3 Å². The van der Waals surface area contributed by atoms with Crippen LogP contribution in [0, 0.1) is 5.41 Å². The molecule has 106 valence electrons. The quantitative estimate of drug-likeness (QED) is 0.642. The van der Waals surface area contributed by atoms with Crippen LogP contribution in [0.3, 0.4) is 0 Å². The van der Waals surface area contributed by atoms with Gasteiger partial charge in [-0.05, 0) is 30.4 Å². The molecule has 0 atom stereocenters. The lowest BCUT2D eigenvalue weighted by molar-refractivity contribution is 0.196. The molecule has 0 radical (unpaired) electrons. The van der Waals surface area contributed by atoms with E-state index in [1.54, 1.807) is 6.07 Å². The van der Waals surface area contributed by atoms with Gasteiger partial charge in [-0.15, -0.1) is 0 Å². The molecule has 0 aliphatic carbocycles. The summed E-state index contributed by atoms with van der Waals surface area (Å²) in [6.07, 6.45) is 3.23. The lowest BCUT2D eigenvalue weighted by atomic mass is 9.83. The fourth-order valence-electron chi connectivity index (χ4n) is 2.18. The van der Waals surface area contributed by atoms with Crippen molar-refractivity contribution in [2.45, 2.75) is 31.6 Å². The molecule has 19 heavy (non-hydrogen) atoms. The highest BCUT2D eigenvalue weighted by Crippen LogP contribution is 2.33. The lowest BCUT2D eigenvalue weighted by Gasteiger charge is -2.36. The molecule has 3 N–H and O–H groups in total. The van der Waals surface area contributed by atoms with Gasteiger partial charge in [0.25, 0.3) is 0 Å². The van der Waals surface area contributed by atoms with Gasteiger partial charge in [-0.2, -0.15) is 4.31 Å². The van der Waals surface area contributed by atoms with Crippen LogP contribution < -0.4 is 11.3 Å². The van der Waals surface area contributed by atoms with Crippen LogP contribution >= 0.6 is 0 Å². The molecular formula is C12H20N4O2S. The smallest absolute Gasteiger partial charge is 0.246 e. The maximum Gasteiger partial charge on any atom is 0.246 e. The zero-order valence-electron chi connectivity index (χ0n) is 11.3. The first-order valence-corrected chi connectivity index (χ1v) is 7.73. The zero-order valence-corrected chi connectivity index (χ0v) is 12.1. The molecule has 0 aromatic carbocycles. The molecule has 0 bridgehead atoms. The van der Waals surface area contributed by atoms with E-state index in [0.29, 0.717) is 13.1 Å². The summed E-state index contributed by atoms with van der Waals surface area (Å²) in [7, 11) is -3.53. The summed E-state index contributed by atoms with van der Waals surface area (Å²) in [6, 6.07) is 3.12. The Morgan fingerprint density at radius 1 is 1.37 bits per heavy atom. The lowest BCUT2D eigenvalue weighted by Crippen LogP contribution is -2.41. The van der Waals surface area contributed by atoms with E-state index >= 15 is 0 Å². The molecule has 2 heterocycles. The Bertz CT molecular complexity index is 547. The largest absolute Gasteiger partial charge is 0.307 e. The average Bonchev–Trinajstić information content (AvgIpc) is 2.38. The van der Waals surface area contributed by atoms with E-state index < -0.39 is 10.0 Å². The van der Waals surface area contributed by atoms with Crippen molar-refractivity contribution >= 4 is 15.8 Å². The van der Waals surface area contributed by atoms with E-state index in [0.717, 1.165) is 12.8 Å². The van der Waals surface area contributed by atoms with Gasteiger partial charge in [0.2, 0.25) is 10.0 Å². The molecule has 1 saturated heterocycles. The second-order valence-corrected chi connectivity index (χ2v) is 7.47. The molecule has 0 amide bonds. The summed E-state index contributed by atoms with van der Waals surface area (Å²) in [5.41, 5.74) is 2.54. The van der Waals surface area contributed by atoms with Crippen LogP contribution in [0.1, 0.15) is 26.7 Å². The van der Waals surface area contributed by atoms with Gasteiger partial charge in [-0.1, -0.05) is 13.8 Å². The van der Waals surface area contributed by atoms with E-state index in [1.807, 2.05) is 0 Å². The summed E-state index contributed by atoms with van der Waals surface area (Å²) in [4.78, 5) is 4.08. The third kappa shape index (κ3) is 2.88. The van der Waals surface area contributed by atoms with Gasteiger partial charge in [0.1, 0.15) is 4.90 Å². The van der Waals surface area contributed by atoms with E-state index in [9.17, 15) is 8.42 Å². The molecule has 2 rings (SSSR count). The molecule has 1 aliphatic heterocycles. The number of nitrogen functional groups attached to an aromatic ring is 1. The Labute approximate surface area is 114 Å². The standard InChI is InChI=1S/C12H20N4O2S/c1-12(2)5-8-16(9-6-12)19(17,18)10-4-3-7-14-11(10)15-13/h3-4,7H,5-6,8-9,13H2,1-2H3,(H,14,15). The number of nitrogens with one attached hydrogen (secondary N) is 1. The van der Waals surface area contributed by atoms with Crippen LogP contribution in [0.15, 0.2) is 23.2 Å². The van der Waals surface area contributed by atoms with Gasteiger partial charge in [-0.25, -0.2) is 19.2 Å². The van der Waals surface area contributed by atoms with E-state index in [-0.39, 0.29) is 16.1 Å². The summed E-state index contributed by atoms with van der Waals surface area (Å²) < 4.78 is 26.6. The number of rotatable bonds is 3. The summed E-state index contributed by atoms with van der Waals surface area (Å²) in [5.74, 6) is 5.51. The van der Waals surface area contributed by atoms with Crippen molar-refractivity contribution in [2.75, 3.05) is 18.5 Å². The fraction of sp³-hybridized carbons (Fsp3) is 0.583. The van der Waals surface area contributed by atoms with Gasteiger partial charge < -0.3 is 5.43 Å². The number of aromatic nitrogens is 1. The van der Waals surface area contributed by atoms with E-state index in [4.69, 9.17) is 5.84 Å². The van der Waals surface area contributed by atoms with Crippen LogP contribution in [-0.2, 0) is 10.0 Å². The van der Waals surface area contributed by atoms with Crippen LogP contribution in [0.25, 0.3) is 0 Å². The van der Waals surface area contributed by atoms with Gasteiger partial charge in [0.15, 0.2) is 5.82 Å². The van der Waals surface area contributed by atoms with Gasteiger partial charge >= 0.3 is 0 Å². The van der Waals surface area contributed by atoms with E-state index in [2.05, 4.69) is 24.3 Å². The third-order valence-electron chi connectivity index (χ3n) is 3.60. The fourth-order valence-corrected chi connectivity index (χ4v) is 3.73. The summed E-state index contributed by atoms with van der Waals surface area (Å²) in [6.45, 7) is 5.39. The van der Waals surface area contributed by atoms with Crippen LogP contribution in [0.4, 0.5) is 5.82 Å². The molecule has 6 nitrogen and oxygen atoms in total. The number of pyridine rings is 1. The van der Waals surface area contributed by atoms with Gasteiger partial charge in [0.05, 0.1) is 0 Å². The third-order valence-corrected chi connectivity index (χ3v) is 5.53. The van der Waals surface area contributed by atoms with Crippen molar-refractivity contribution in [1.82, 2.24) is 9.29 Å². The molecule has 1 fully saturated rings. The highest BCUT2D eigenvalue weighted by Gasteiger charge is 2.34. The number of sulfonamides is 1. The highest BCUT2D eigenvalue weighted by atomic mass is 32.2. The average molecular weight is 284 g/mol. The molecule has 1 aliphatic rings. The van der Waals surface area contributed by atoms with Crippen molar-refractivity contribution in [3.63, 3.8) is 0 Å². The SMILES string of the molecule is CC1(C)CCN(S(=O)(=O)c2cccnc2NN)CC1. The molecular weight excluding hydrogens is 264 g/mol. The maximum atomic E-state index is 12.6. The molecule has 1 aromatic heterocycles. The zero-order chi connectivity index (χ0) is 14.1. The number of hydrazine groups is 1. The highest BCUT2D eigenvalue weighted by molar-refractivity contribution is 7.89. The number of piperidine rings is 1. The van der Waals surface area contributed by atoms with Crippen molar-refractivity contribution in [3.8, 4) is 0 Å². The second-order valence-electron chi connectivity index (χ2n) is 5.56. The molecule has 7 heteroatoms. The Balaban J connectivity index is 2.28. The number of anilines is 1. The minimum absolute atomic E-state index is 0.136. The normalized spacial score (nSPS) is 20.2. The topological polar surface area (TPSA) is 88.3 Å². The first-order valence-electron chi connectivity index (χ1n) is 6.29. The summed E-state index contributed by atoms with van der Waals surface area (Å²) in [5, 5.41) is 0. The minimum atomic E-state index is -3.53. The Kier molecular flexibility index (Phi) is 3.80. The number of nitrogens with zero attached hydrogens (tertiary/aromatic N) is 2. The molecule has 0 spiro atoms. The van der Waals surface area contributed by atoms with Crippen LogP contribution in [-0.4, -0.2) is 30.8 Å². The first-order chi connectivity index (χ1) is 8.87. The monoisotopic (exact) mass is 284 g/mol. The van der Waals surface area contributed by atoms with Crippen molar-refractivity contribution < 1.29 is 8.42 Å². The minimum Gasteiger partial charge on any atom is -0.307 e. The van der Waals surface area contributed by atoms with Crippen LogP contribution in [0.5, 0.6) is 0 Å². The summed E-state index contributed by atoms with van der Waals surface area (Å²) >= 11 is 0. The Hall–Kier alpha value is -1.18. The molecule has 1 aromatic rings. The Morgan fingerprint density at radius 2 is 2.00 bits per heavy atom. The second kappa shape index (κ2) is 5.07. The number of hydrogen-bond donors (Lipinski definition) is 2. The maximum absolute atomic E-state index is 12.6. The molecule has 0 saturated carbocycles. The van der Waals surface area contributed by atoms with Gasteiger partial charge in [0, 0.05) is 19.3 Å². The number of nitrogens with two attached hydrogens (primary N) is 1. The van der Waals surface area contributed by atoms with Gasteiger partial charge in [-0.3, -0.25) is 0 Å². The van der Waals surface area contributed by atoms with E-state index in [1.165, 1.54) is 16.6 Å². The van der Waals surface area contributed by atoms with Crippen molar-refractivity contribution in [3.05, 3.63) is 18.3 Å². The predicted molar refractivity (Wildman–Crippen MR) is 73.8 cm³/mol. The van der Waals surface area contributed by atoms with Crippen molar-refractivity contribution in [1.29, 1.82) is 0 Å². The van der Waals surface area contributed by atoms with Crippen LogP contribution in [0.2, 0.25) is 0 Å². The predicted octanol–water partition coefficient (Wildman–Crippen LogP) is 1.18. The number of hydrogen-bond acceptors (Lipinski definition) is 5. The first kappa shape index (κ1) is 14.2. The molecule has 0 unspecified atom stereocenters. The Morgan fingerprint density at radius 3 is 2.58 bits per heavy atom.